The van der Waals surface area contributed by atoms with Gasteiger partial charge < -0.3 is 9.32 Å². The summed E-state index contributed by atoms with van der Waals surface area (Å²) in [5.41, 5.74) is 2.69. The molecule has 1 saturated heterocycles. The Morgan fingerprint density at radius 1 is 1.14 bits per heavy atom. The summed E-state index contributed by atoms with van der Waals surface area (Å²) in [5.74, 6) is 1.28. The monoisotopic (exact) mass is 297 g/mol. The minimum atomic E-state index is 0.182. The molecule has 0 aliphatic carbocycles. The summed E-state index contributed by atoms with van der Waals surface area (Å²) in [5, 5.41) is 2.15. The first-order chi connectivity index (χ1) is 10.3. The number of amides is 1. The topological polar surface area (TPSA) is 33.5 Å². The van der Waals surface area contributed by atoms with Gasteiger partial charge in [-0.1, -0.05) is 18.2 Å². The molecule has 1 amide bonds. The second kappa shape index (κ2) is 4.81. The van der Waals surface area contributed by atoms with Gasteiger partial charge in [-0.25, -0.2) is 0 Å². The predicted octanol–water partition coefficient (Wildman–Crippen LogP) is 3.87. The number of anilines is 1. The average molecular weight is 297 g/mol. The summed E-state index contributed by atoms with van der Waals surface area (Å²) in [4.78, 5) is 14.0. The molecular formula is C17H15NO2S. The molecule has 0 spiro atoms. The van der Waals surface area contributed by atoms with Gasteiger partial charge in [0, 0.05) is 29.4 Å². The molecule has 4 heteroatoms. The Hall–Kier alpha value is -1.94. The number of nitrogens with zero attached hydrogens (tertiary/aromatic N) is 1. The molecule has 4 rings (SSSR count). The third kappa shape index (κ3) is 2.02. The van der Waals surface area contributed by atoms with E-state index in [1.807, 2.05) is 41.3 Å². The van der Waals surface area contributed by atoms with E-state index in [0.717, 1.165) is 39.9 Å². The van der Waals surface area contributed by atoms with Gasteiger partial charge in [-0.05, 0) is 35.9 Å². The average Bonchev–Trinajstić information content (AvgIpc) is 3.07. The normalized spacial score (nSPS) is 19.0. The van der Waals surface area contributed by atoms with E-state index in [0.29, 0.717) is 12.3 Å². The lowest BCUT2D eigenvalue weighted by Crippen LogP contribution is -2.24. The van der Waals surface area contributed by atoms with Crippen LogP contribution in [0.5, 0.6) is 0 Å². The van der Waals surface area contributed by atoms with Crippen LogP contribution in [0, 0.1) is 5.92 Å². The van der Waals surface area contributed by atoms with Crippen LogP contribution >= 0.6 is 12.6 Å². The molecule has 1 unspecified atom stereocenters. The number of hydrogen-bond donors (Lipinski definition) is 1. The van der Waals surface area contributed by atoms with Crippen molar-refractivity contribution in [3.63, 3.8) is 0 Å². The van der Waals surface area contributed by atoms with E-state index < -0.39 is 0 Å². The van der Waals surface area contributed by atoms with Gasteiger partial charge in [-0.3, -0.25) is 4.79 Å². The van der Waals surface area contributed by atoms with Crippen molar-refractivity contribution < 1.29 is 9.21 Å². The highest BCUT2D eigenvalue weighted by atomic mass is 32.1. The molecule has 2 heterocycles. The SMILES string of the molecule is O=C1CC(CS)CN1c1ccc2oc3ccccc3c2c1. The maximum atomic E-state index is 12.2. The molecule has 21 heavy (non-hydrogen) atoms. The maximum Gasteiger partial charge on any atom is 0.227 e. The van der Waals surface area contributed by atoms with Gasteiger partial charge in [-0.15, -0.1) is 0 Å². The van der Waals surface area contributed by atoms with Crippen molar-refractivity contribution in [3.05, 3.63) is 42.5 Å². The first kappa shape index (κ1) is 12.8. The van der Waals surface area contributed by atoms with Crippen molar-refractivity contribution >= 4 is 46.2 Å². The third-order valence-electron chi connectivity index (χ3n) is 4.14. The van der Waals surface area contributed by atoms with Crippen LogP contribution in [0.3, 0.4) is 0 Å². The smallest absolute Gasteiger partial charge is 0.227 e. The molecule has 1 fully saturated rings. The Bertz CT molecular complexity index is 839. The summed E-state index contributed by atoms with van der Waals surface area (Å²) < 4.78 is 5.82. The quantitative estimate of drug-likeness (QED) is 0.728. The number of hydrogen-bond acceptors (Lipinski definition) is 3. The molecule has 0 bridgehead atoms. The Kier molecular flexibility index (Phi) is 2.93. The van der Waals surface area contributed by atoms with Crippen molar-refractivity contribution in [1.29, 1.82) is 0 Å². The first-order valence-corrected chi connectivity index (χ1v) is 7.72. The van der Waals surface area contributed by atoms with Gasteiger partial charge in [0.15, 0.2) is 0 Å². The highest BCUT2D eigenvalue weighted by molar-refractivity contribution is 7.80. The highest BCUT2D eigenvalue weighted by Crippen LogP contribution is 2.33. The molecule has 1 aromatic heterocycles. The van der Waals surface area contributed by atoms with E-state index in [9.17, 15) is 4.79 Å². The van der Waals surface area contributed by atoms with Gasteiger partial charge in [0.05, 0.1) is 0 Å². The summed E-state index contributed by atoms with van der Waals surface area (Å²) in [6.45, 7) is 0.754. The van der Waals surface area contributed by atoms with Gasteiger partial charge >= 0.3 is 0 Å². The van der Waals surface area contributed by atoms with Crippen LogP contribution in [0.2, 0.25) is 0 Å². The predicted molar refractivity (Wildman–Crippen MR) is 88.0 cm³/mol. The van der Waals surface area contributed by atoms with Crippen LogP contribution in [0.15, 0.2) is 46.9 Å². The molecule has 3 aromatic rings. The summed E-state index contributed by atoms with van der Waals surface area (Å²) in [6.07, 6.45) is 0.591. The van der Waals surface area contributed by atoms with Gasteiger partial charge in [0.25, 0.3) is 0 Å². The number of furan rings is 1. The molecule has 0 N–H and O–H groups in total. The Labute approximate surface area is 127 Å². The Morgan fingerprint density at radius 3 is 2.76 bits per heavy atom. The standard InChI is InChI=1S/C17H15NO2S/c19-17-7-11(10-21)9-18(17)12-5-6-16-14(8-12)13-3-1-2-4-15(13)20-16/h1-6,8,11,21H,7,9-10H2. The second-order valence-corrected chi connectivity index (χ2v) is 5.90. The number of fused-ring (bicyclic) bond motifs is 3. The number of thiol groups is 1. The number of carbonyl (C=O) groups is 1. The van der Waals surface area contributed by atoms with Crippen LogP contribution in [0.25, 0.3) is 21.9 Å². The summed E-state index contributed by atoms with van der Waals surface area (Å²) in [7, 11) is 0. The van der Waals surface area contributed by atoms with Gasteiger partial charge in [0.1, 0.15) is 11.2 Å². The summed E-state index contributed by atoms with van der Waals surface area (Å²) >= 11 is 4.31. The molecular weight excluding hydrogens is 282 g/mol. The van der Waals surface area contributed by atoms with E-state index in [1.54, 1.807) is 0 Å². The van der Waals surface area contributed by atoms with E-state index >= 15 is 0 Å². The number of rotatable bonds is 2. The fourth-order valence-electron chi connectivity index (χ4n) is 3.04. The largest absolute Gasteiger partial charge is 0.456 e. The molecule has 2 aromatic carbocycles. The second-order valence-electron chi connectivity index (χ2n) is 5.54. The van der Waals surface area contributed by atoms with E-state index in [4.69, 9.17) is 4.42 Å². The maximum absolute atomic E-state index is 12.2. The summed E-state index contributed by atoms with van der Waals surface area (Å²) in [6, 6.07) is 13.9. The van der Waals surface area contributed by atoms with Crippen molar-refractivity contribution in [2.75, 3.05) is 17.2 Å². The van der Waals surface area contributed by atoms with Crippen LogP contribution in [-0.4, -0.2) is 18.2 Å². The molecule has 1 atom stereocenters. The lowest BCUT2D eigenvalue weighted by molar-refractivity contribution is -0.117. The first-order valence-electron chi connectivity index (χ1n) is 7.09. The zero-order chi connectivity index (χ0) is 14.4. The number of benzene rings is 2. The van der Waals surface area contributed by atoms with E-state index in [2.05, 4.69) is 18.7 Å². The van der Waals surface area contributed by atoms with Gasteiger partial charge in [0.2, 0.25) is 5.91 Å². The minimum Gasteiger partial charge on any atom is -0.456 e. The lowest BCUT2D eigenvalue weighted by Gasteiger charge is -2.16. The molecule has 1 aliphatic rings. The third-order valence-corrected chi connectivity index (χ3v) is 4.65. The fraction of sp³-hybridized carbons (Fsp3) is 0.235. The van der Waals surface area contributed by atoms with Crippen molar-refractivity contribution in [2.24, 2.45) is 5.92 Å². The molecule has 106 valence electrons. The van der Waals surface area contributed by atoms with Crippen molar-refractivity contribution in [3.8, 4) is 0 Å². The van der Waals surface area contributed by atoms with E-state index in [1.165, 1.54) is 0 Å². The zero-order valence-electron chi connectivity index (χ0n) is 11.5. The number of carbonyl (C=O) groups excluding carboxylic acids is 1. The molecule has 3 nitrogen and oxygen atoms in total. The van der Waals surface area contributed by atoms with Crippen LogP contribution in [-0.2, 0) is 4.79 Å². The molecule has 0 radical (unpaired) electrons. The molecule has 0 saturated carbocycles. The lowest BCUT2D eigenvalue weighted by atomic mass is 10.1. The van der Waals surface area contributed by atoms with Crippen LogP contribution in [0.1, 0.15) is 6.42 Å². The molecule has 1 aliphatic heterocycles. The van der Waals surface area contributed by atoms with Crippen molar-refractivity contribution in [1.82, 2.24) is 0 Å². The van der Waals surface area contributed by atoms with Crippen LogP contribution in [0.4, 0.5) is 5.69 Å². The Balaban J connectivity index is 1.83. The Morgan fingerprint density at radius 2 is 1.95 bits per heavy atom. The minimum absolute atomic E-state index is 0.182. The van der Waals surface area contributed by atoms with Crippen molar-refractivity contribution in [2.45, 2.75) is 6.42 Å². The van der Waals surface area contributed by atoms with E-state index in [-0.39, 0.29) is 5.91 Å². The van der Waals surface area contributed by atoms with Gasteiger partial charge in [-0.2, -0.15) is 12.6 Å². The zero-order valence-corrected chi connectivity index (χ0v) is 12.3. The number of para-hydroxylation sites is 1. The van der Waals surface area contributed by atoms with Crippen LogP contribution < -0.4 is 4.90 Å². The highest BCUT2D eigenvalue weighted by Gasteiger charge is 2.29. The fourth-order valence-corrected chi connectivity index (χ4v) is 3.28.